The van der Waals surface area contributed by atoms with Crippen molar-refractivity contribution >= 4 is 21.8 Å². The predicted octanol–water partition coefficient (Wildman–Crippen LogP) is 0.637. The smallest absolute Gasteiger partial charge is 0.246 e. The van der Waals surface area contributed by atoms with Crippen LogP contribution >= 0.6 is 11.8 Å². The molecular formula is C11H21N3O3S2. The molecule has 0 fully saturated rings. The Balaban J connectivity index is 2.94. The highest BCUT2D eigenvalue weighted by Gasteiger charge is 2.27. The van der Waals surface area contributed by atoms with Gasteiger partial charge in [-0.1, -0.05) is 6.92 Å². The summed E-state index contributed by atoms with van der Waals surface area (Å²) in [6, 6.07) is -0.0267. The number of hydrogen-bond acceptors (Lipinski definition) is 5. The van der Waals surface area contributed by atoms with Crippen LogP contribution in [0.25, 0.3) is 0 Å². The quantitative estimate of drug-likeness (QED) is 0.763. The third-order valence-corrected chi connectivity index (χ3v) is 5.54. The fourth-order valence-corrected chi connectivity index (χ4v) is 4.06. The van der Waals surface area contributed by atoms with Gasteiger partial charge in [-0.2, -0.15) is 21.2 Å². The summed E-state index contributed by atoms with van der Waals surface area (Å²) in [6.07, 6.45) is 5.50. The maximum atomic E-state index is 12.4. The minimum atomic E-state index is -3.51. The number of sulfonamides is 1. The lowest BCUT2D eigenvalue weighted by Gasteiger charge is -2.25. The third kappa shape index (κ3) is 3.95. The van der Waals surface area contributed by atoms with Crippen LogP contribution in [-0.4, -0.2) is 59.3 Å². The summed E-state index contributed by atoms with van der Waals surface area (Å²) in [5.74, 6) is 0.761. The molecule has 8 heteroatoms. The number of aliphatic hydroxyl groups excluding tert-OH is 1. The van der Waals surface area contributed by atoms with Gasteiger partial charge in [0.25, 0.3) is 0 Å². The van der Waals surface area contributed by atoms with Gasteiger partial charge in [-0.15, -0.1) is 0 Å². The number of thioether (sulfide) groups is 1. The van der Waals surface area contributed by atoms with Gasteiger partial charge in [0.2, 0.25) is 10.0 Å². The summed E-state index contributed by atoms with van der Waals surface area (Å²) in [6.45, 7) is 2.20. The molecule has 1 aromatic heterocycles. The normalized spacial score (nSPS) is 13.9. The molecule has 1 aromatic rings. The van der Waals surface area contributed by atoms with Crippen LogP contribution in [-0.2, 0) is 16.6 Å². The monoisotopic (exact) mass is 307 g/mol. The molecule has 1 unspecified atom stereocenters. The predicted molar refractivity (Wildman–Crippen MR) is 76.7 cm³/mol. The third-order valence-electron chi connectivity index (χ3n) is 2.96. The van der Waals surface area contributed by atoms with E-state index in [9.17, 15) is 8.42 Å². The zero-order valence-electron chi connectivity index (χ0n) is 11.5. The summed E-state index contributed by atoms with van der Waals surface area (Å²) in [5.41, 5.74) is 0. The van der Waals surface area contributed by atoms with Crippen LogP contribution in [0.5, 0.6) is 0 Å². The Morgan fingerprint density at radius 2 is 2.26 bits per heavy atom. The van der Waals surface area contributed by atoms with Crippen LogP contribution in [0.3, 0.4) is 0 Å². The standard InChI is InChI=1S/C11H21N3O3S2/c1-4-10(9-18-3)13(2)19(16,17)11-7-12-14(8-11)5-6-15/h7-8,10,15H,4-6,9H2,1-3H3. The SMILES string of the molecule is CCC(CSC)N(C)S(=O)(=O)c1cnn(CCO)c1. The van der Waals surface area contributed by atoms with E-state index in [1.165, 1.54) is 21.4 Å². The van der Waals surface area contributed by atoms with Crippen LogP contribution in [0.1, 0.15) is 13.3 Å². The van der Waals surface area contributed by atoms with Gasteiger partial charge in [-0.05, 0) is 12.7 Å². The molecule has 1 rings (SSSR count). The van der Waals surface area contributed by atoms with E-state index in [1.807, 2.05) is 13.2 Å². The molecule has 1 atom stereocenters. The van der Waals surface area contributed by atoms with Crippen molar-refractivity contribution in [3.8, 4) is 0 Å². The van der Waals surface area contributed by atoms with Crippen molar-refractivity contribution in [1.29, 1.82) is 0 Å². The fraction of sp³-hybridized carbons (Fsp3) is 0.727. The molecule has 1 heterocycles. The average molecular weight is 307 g/mol. The van der Waals surface area contributed by atoms with Crippen LogP contribution in [0.15, 0.2) is 17.3 Å². The Labute approximate surface area is 118 Å². The van der Waals surface area contributed by atoms with Crippen molar-refractivity contribution < 1.29 is 13.5 Å². The van der Waals surface area contributed by atoms with Gasteiger partial charge in [0.1, 0.15) is 4.90 Å². The van der Waals surface area contributed by atoms with Crippen LogP contribution in [0, 0.1) is 0 Å². The molecule has 0 bridgehead atoms. The van der Waals surface area contributed by atoms with E-state index >= 15 is 0 Å². The zero-order valence-corrected chi connectivity index (χ0v) is 13.1. The minimum absolute atomic E-state index is 0.0267. The van der Waals surface area contributed by atoms with Gasteiger partial charge in [0.15, 0.2) is 0 Å². The van der Waals surface area contributed by atoms with Crippen molar-refractivity contribution in [1.82, 2.24) is 14.1 Å². The summed E-state index contributed by atoms with van der Waals surface area (Å²) in [7, 11) is -1.91. The van der Waals surface area contributed by atoms with Crippen molar-refractivity contribution in [2.45, 2.75) is 30.8 Å². The molecule has 0 saturated heterocycles. The second-order valence-electron chi connectivity index (χ2n) is 4.20. The number of aromatic nitrogens is 2. The molecule has 0 aliphatic rings. The van der Waals surface area contributed by atoms with Gasteiger partial charge in [0, 0.05) is 25.0 Å². The number of aliphatic hydroxyl groups is 1. The summed E-state index contributed by atoms with van der Waals surface area (Å²) < 4.78 is 27.7. The molecule has 0 spiro atoms. The largest absolute Gasteiger partial charge is 0.394 e. The molecule has 19 heavy (non-hydrogen) atoms. The first-order valence-electron chi connectivity index (χ1n) is 6.07. The lowest BCUT2D eigenvalue weighted by molar-refractivity contribution is 0.269. The van der Waals surface area contributed by atoms with E-state index in [0.717, 1.165) is 12.2 Å². The zero-order chi connectivity index (χ0) is 14.5. The van der Waals surface area contributed by atoms with Crippen molar-refractivity contribution in [3.63, 3.8) is 0 Å². The summed E-state index contributed by atoms with van der Waals surface area (Å²) >= 11 is 1.63. The maximum Gasteiger partial charge on any atom is 0.246 e. The second kappa shape index (κ2) is 7.28. The Hall–Kier alpha value is -0.570. The van der Waals surface area contributed by atoms with E-state index in [0.29, 0.717) is 6.54 Å². The lowest BCUT2D eigenvalue weighted by Crippen LogP contribution is -2.38. The molecule has 0 aliphatic carbocycles. The van der Waals surface area contributed by atoms with Crippen LogP contribution in [0.4, 0.5) is 0 Å². The highest BCUT2D eigenvalue weighted by Crippen LogP contribution is 2.19. The molecule has 6 nitrogen and oxygen atoms in total. The molecule has 0 aromatic carbocycles. The average Bonchev–Trinajstić information content (AvgIpc) is 2.85. The van der Waals surface area contributed by atoms with Crippen molar-refractivity contribution in [2.75, 3.05) is 25.7 Å². The van der Waals surface area contributed by atoms with E-state index in [4.69, 9.17) is 5.11 Å². The van der Waals surface area contributed by atoms with E-state index in [2.05, 4.69) is 5.10 Å². The Bertz CT molecular complexity index is 487. The molecule has 1 N–H and O–H groups in total. The Morgan fingerprint density at radius 1 is 1.58 bits per heavy atom. The van der Waals surface area contributed by atoms with Gasteiger partial charge >= 0.3 is 0 Å². The van der Waals surface area contributed by atoms with Crippen LogP contribution < -0.4 is 0 Å². The first kappa shape index (κ1) is 16.5. The first-order chi connectivity index (χ1) is 8.97. The molecule has 110 valence electrons. The summed E-state index contributed by atoms with van der Waals surface area (Å²) in [5, 5.41) is 12.7. The molecule has 0 amide bonds. The van der Waals surface area contributed by atoms with E-state index in [-0.39, 0.29) is 17.5 Å². The molecule has 0 radical (unpaired) electrons. The highest BCUT2D eigenvalue weighted by molar-refractivity contribution is 7.98. The van der Waals surface area contributed by atoms with Gasteiger partial charge in [-0.3, -0.25) is 4.68 Å². The topological polar surface area (TPSA) is 75.4 Å². The second-order valence-corrected chi connectivity index (χ2v) is 7.11. The Morgan fingerprint density at radius 3 is 2.79 bits per heavy atom. The van der Waals surface area contributed by atoms with E-state index < -0.39 is 10.0 Å². The summed E-state index contributed by atoms with van der Waals surface area (Å²) in [4.78, 5) is 0.169. The number of rotatable bonds is 8. The van der Waals surface area contributed by atoms with Crippen molar-refractivity contribution in [3.05, 3.63) is 12.4 Å². The Kier molecular flexibility index (Phi) is 6.31. The van der Waals surface area contributed by atoms with Gasteiger partial charge in [-0.25, -0.2) is 8.42 Å². The molecule has 0 saturated carbocycles. The highest BCUT2D eigenvalue weighted by atomic mass is 32.2. The van der Waals surface area contributed by atoms with Crippen LogP contribution in [0.2, 0.25) is 0 Å². The maximum absolute atomic E-state index is 12.4. The minimum Gasteiger partial charge on any atom is -0.394 e. The lowest BCUT2D eigenvalue weighted by atomic mass is 10.3. The van der Waals surface area contributed by atoms with E-state index in [1.54, 1.807) is 18.8 Å². The van der Waals surface area contributed by atoms with Gasteiger partial charge in [0.05, 0.1) is 19.3 Å². The molecular weight excluding hydrogens is 286 g/mol. The van der Waals surface area contributed by atoms with Crippen molar-refractivity contribution in [2.24, 2.45) is 0 Å². The number of nitrogens with zero attached hydrogens (tertiary/aromatic N) is 3. The number of hydrogen-bond donors (Lipinski definition) is 1. The first-order valence-corrected chi connectivity index (χ1v) is 8.91. The molecule has 0 aliphatic heterocycles. The van der Waals surface area contributed by atoms with Gasteiger partial charge < -0.3 is 5.11 Å². The fourth-order valence-electron chi connectivity index (χ4n) is 1.74.